The molecule has 0 aliphatic carbocycles. The summed E-state index contributed by atoms with van der Waals surface area (Å²) >= 11 is 0. The van der Waals surface area contributed by atoms with Crippen LogP contribution >= 0.6 is 0 Å². The zero-order chi connectivity index (χ0) is 15.3. The number of hydrogen-bond donors (Lipinski definition) is 0. The van der Waals surface area contributed by atoms with Crippen LogP contribution in [-0.2, 0) is 20.0 Å². The van der Waals surface area contributed by atoms with Gasteiger partial charge in [-0.15, -0.1) is 0 Å². The lowest BCUT2D eigenvalue weighted by molar-refractivity contribution is -0.678. The van der Waals surface area contributed by atoms with Crippen LogP contribution in [0.1, 0.15) is 90.3 Å². The van der Waals surface area contributed by atoms with Crippen molar-refractivity contribution in [2.24, 2.45) is 7.05 Å². The van der Waals surface area contributed by atoms with E-state index in [1.807, 2.05) is 0 Å². The molecule has 0 spiro atoms. The molecule has 0 aliphatic rings. The molecule has 1 heterocycles. The molecule has 21 heavy (non-hydrogen) atoms. The quantitative estimate of drug-likeness (QED) is 0.350. The van der Waals surface area contributed by atoms with Crippen LogP contribution in [0.25, 0.3) is 0 Å². The number of aromatic nitrogens is 2. The smallest absolute Gasteiger partial charge is 0.237 e. The summed E-state index contributed by atoms with van der Waals surface area (Å²) in [6, 6.07) is 0. The number of unbranched alkanes of at least 4 members (excludes halogenated alkanes) is 9. The van der Waals surface area contributed by atoms with Gasteiger partial charge in [0.05, 0.1) is 13.6 Å². The maximum Gasteiger partial charge on any atom is 0.256 e. The minimum Gasteiger partial charge on any atom is -0.237 e. The van der Waals surface area contributed by atoms with Crippen LogP contribution in [-0.4, -0.2) is 4.57 Å². The molecule has 2 heteroatoms. The maximum absolute atomic E-state index is 2.48. The van der Waals surface area contributed by atoms with Crippen molar-refractivity contribution in [2.75, 3.05) is 0 Å². The Hall–Kier alpha value is -0.790. The molecule has 1 aromatic heterocycles. The molecule has 0 saturated carbocycles. The van der Waals surface area contributed by atoms with Crippen LogP contribution in [0, 0.1) is 0 Å². The van der Waals surface area contributed by atoms with Crippen LogP contribution in [0.2, 0.25) is 0 Å². The van der Waals surface area contributed by atoms with Crippen LogP contribution in [0.5, 0.6) is 0 Å². The van der Waals surface area contributed by atoms with Gasteiger partial charge in [0.15, 0.2) is 0 Å². The zero-order valence-electron chi connectivity index (χ0n) is 14.7. The summed E-state index contributed by atoms with van der Waals surface area (Å²) in [6.45, 7) is 5.77. The summed E-state index contributed by atoms with van der Waals surface area (Å²) in [5, 5.41) is 0. The van der Waals surface area contributed by atoms with Gasteiger partial charge in [0.2, 0.25) is 0 Å². The molecule has 0 unspecified atom stereocenters. The van der Waals surface area contributed by atoms with Crippen molar-refractivity contribution in [3.05, 3.63) is 18.2 Å². The third kappa shape index (κ3) is 7.68. The van der Waals surface area contributed by atoms with Crippen molar-refractivity contribution in [2.45, 2.75) is 97.4 Å². The van der Waals surface area contributed by atoms with Crippen LogP contribution in [0.15, 0.2) is 12.4 Å². The molecule has 0 aromatic carbocycles. The molecule has 0 saturated heterocycles. The lowest BCUT2D eigenvalue weighted by Crippen LogP contribution is -2.32. The molecule has 0 bridgehead atoms. The molecule has 0 atom stereocenters. The SMILES string of the molecule is CCCCCCCCc1n(CCCCCCC)cc[n+]1C. The minimum absolute atomic E-state index is 1.20. The minimum atomic E-state index is 1.20. The summed E-state index contributed by atoms with van der Waals surface area (Å²) in [4.78, 5) is 0. The van der Waals surface area contributed by atoms with Gasteiger partial charge in [0.25, 0.3) is 5.82 Å². The second kappa shape index (κ2) is 11.8. The van der Waals surface area contributed by atoms with Crippen molar-refractivity contribution in [1.82, 2.24) is 4.57 Å². The highest BCUT2D eigenvalue weighted by atomic mass is 15.1. The molecule has 0 amide bonds. The predicted molar refractivity (Wildman–Crippen MR) is 91.4 cm³/mol. The first-order valence-corrected chi connectivity index (χ1v) is 9.33. The summed E-state index contributed by atoms with van der Waals surface area (Å²) in [7, 11) is 2.19. The molecular weight excluding hydrogens is 256 g/mol. The highest BCUT2D eigenvalue weighted by Gasteiger charge is 2.13. The highest BCUT2D eigenvalue weighted by molar-refractivity contribution is 4.84. The van der Waals surface area contributed by atoms with E-state index >= 15 is 0 Å². The maximum atomic E-state index is 2.48. The number of hydrogen-bond acceptors (Lipinski definition) is 0. The Kier molecular flexibility index (Phi) is 10.3. The van der Waals surface area contributed by atoms with Gasteiger partial charge in [-0.2, -0.15) is 0 Å². The average molecular weight is 294 g/mol. The highest BCUT2D eigenvalue weighted by Crippen LogP contribution is 2.10. The third-order valence-corrected chi connectivity index (χ3v) is 4.47. The van der Waals surface area contributed by atoms with Gasteiger partial charge in [0.1, 0.15) is 12.4 Å². The van der Waals surface area contributed by atoms with E-state index in [0.717, 1.165) is 0 Å². The van der Waals surface area contributed by atoms with Gasteiger partial charge in [0, 0.05) is 6.42 Å². The molecule has 0 radical (unpaired) electrons. The van der Waals surface area contributed by atoms with E-state index in [4.69, 9.17) is 0 Å². The molecule has 0 N–H and O–H groups in total. The first-order valence-electron chi connectivity index (χ1n) is 9.33. The van der Waals surface area contributed by atoms with E-state index in [2.05, 4.69) is 42.4 Å². The van der Waals surface area contributed by atoms with E-state index in [9.17, 15) is 0 Å². The number of rotatable bonds is 13. The van der Waals surface area contributed by atoms with Crippen molar-refractivity contribution >= 4 is 0 Å². The van der Waals surface area contributed by atoms with Crippen LogP contribution in [0.3, 0.4) is 0 Å². The summed E-state index contributed by atoms with van der Waals surface area (Å²) in [5.41, 5.74) is 0. The zero-order valence-corrected chi connectivity index (χ0v) is 14.7. The van der Waals surface area contributed by atoms with Gasteiger partial charge in [-0.3, -0.25) is 0 Å². The van der Waals surface area contributed by atoms with E-state index in [0.29, 0.717) is 0 Å². The van der Waals surface area contributed by atoms with Gasteiger partial charge in [-0.25, -0.2) is 9.13 Å². The van der Waals surface area contributed by atoms with E-state index < -0.39 is 0 Å². The van der Waals surface area contributed by atoms with E-state index in [1.54, 1.807) is 0 Å². The Morgan fingerprint density at radius 3 is 2.05 bits per heavy atom. The topological polar surface area (TPSA) is 8.81 Å². The average Bonchev–Trinajstić information content (AvgIpc) is 2.83. The second-order valence-electron chi connectivity index (χ2n) is 6.45. The first kappa shape index (κ1) is 18.3. The van der Waals surface area contributed by atoms with Gasteiger partial charge in [-0.05, 0) is 19.3 Å². The molecule has 2 nitrogen and oxygen atoms in total. The Labute approximate surface area is 132 Å². The van der Waals surface area contributed by atoms with Crippen LogP contribution < -0.4 is 4.57 Å². The van der Waals surface area contributed by atoms with Gasteiger partial charge >= 0.3 is 0 Å². The lowest BCUT2D eigenvalue weighted by Gasteiger charge is -2.04. The van der Waals surface area contributed by atoms with Gasteiger partial charge in [-0.1, -0.05) is 65.2 Å². The van der Waals surface area contributed by atoms with Crippen molar-refractivity contribution in [1.29, 1.82) is 0 Å². The fraction of sp³-hybridized carbons (Fsp3) is 0.842. The molecule has 1 rings (SSSR count). The standard InChI is InChI=1S/C19H37N2/c1-4-6-8-10-11-13-15-19-20(3)17-18-21(19)16-14-12-9-7-5-2/h17-18H,4-16H2,1-3H3/q+1. The number of imidazole rings is 1. The van der Waals surface area contributed by atoms with Crippen molar-refractivity contribution in [3.8, 4) is 0 Å². The predicted octanol–water partition coefficient (Wildman–Crippen LogP) is 5.19. The summed E-state index contributed by atoms with van der Waals surface area (Å²) < 4.78 is 4.80. The van der Waals surface area contributed by atoms with E-state index in [1.165, 1.54) is 89.4 Å². The normalized spacial score (nSPS) is 11.2. The molecule has 0 aliphatic heterocycles. The lowest BCUT2D eigenvalue weighted by atomic mass is 10.1. The first-order chi connectivity index (χ1) is 10.3. The molecule has 122 valence electrons. The summed E-state index contributed by atoms with van der Waals surface area (Å²) in [6.07, 6.45) is 20.9. The Morgan fingerprint density at radius 2 is 1.38 bits per heavy atom. The summed E-state index contributed by atoms with van der Waals surface area (Å²) in [5.74, 6) is 1.51. The number of aryl methyl sites for hydroxylation is 2. The second-order valence-corrected chi connectivity index (χ2v) is 6.45. The molecular formula is C19H37N2+. The Bertz CT molecular complexity index is 354. The Balaban J connectivity index is 2.24. The monoisotopic (exact) mass is 293 g/mol. The van der Waals surface area contributed by atoms with Crippen LogP contribution in [0.4, 0.5) is 0 Å². The van der Waals surface area contributed by atoms with Crippen molar-refractivity contribution in [3.63, 3.8) is 0 Å². The Morgan fingerprint density at radius 1 is 0.810 bits per heavy atom. The molecule has 1 aromatic rings. The third-order valence-electron chi connectivity index (χ3n) is 4.47. The van der Waals surface area contributed by atoms with E-state index in [-0.39, 0.29) is 0 Å². The molecule has 0 fully saturated rings. The largest absolute Gasteiger partial charge is 0.256 e. The number of nitrogens with zero attached hydrogens (tertiary/aromatic N) is 2. The van der Waals surface area contributed by atoms with Gasteiger partial charge < -0.3 is 0 Å². The fourth-order valence-corrected chi connectivity index (χ4v) is 3.03. The fourth-order valence-electron chi connectivity index (χ4n) is 3.03. The van der Waals surface area contributed by atoms with Crippen molar-refractivity contribution < 1.29 is 4.57 Å².